The predicted octanol–water partition coefficient (Wildman–Crippen LogP) is 0.256. The van der Waals surface area contributed by atoms with E-state index < -0.39 is 23.3 Å². The minimum Gasteiger partial charge on any atom is -0.497 e. The molecule has 0 aliphatic carbocycles. The Labute approximate surface area is 152 Å². The van der Waals surface area contributed by atoms with Crippen molar-refractivity contribution < 1.29 is 29.2 Å². The molecule has 2 amide bonds. The number of likely N-dealkylation sites (tertiary alicyclic amines) is 1. The molecule has 2 fully saturated rings. The van der Waals surface area contributed by atoms with Gasteiger partial charge < -0.3 is 14.8 Å². The zero-order chi connectivity index (χ0) is 19.1. The molecule has 7 nitrogen and oxygen atoms in total. The summed E-state index contributed by atoms with van der Waals surface area (Å²) in [6.45, 7) is 5.74. The fourth-order valence-electron chi connectivity index (χ4n) is 4.25. The normalized spacial score (nSPS) is 30.5. The van der Waals surface area contributed by atoms with Crippen LogP contribution in [0.5, 0.6) is 5.75 Å². The van der Waals surface area contributed by atoms with Gasteiger partial charge >= 0.3 is 5.97 Å². The van der Waals surface area contributed by atoms with Gasteiger partial charge in [-0.05, 0) is 38.1 Å². The third kappa shape index (κ3) is 2.58. The SMILES string of the molecule is CCOC(=O)[C@]1(C)[NH2+][C@H](c2ccc(OC)cc2)[C@H]2C(=O)N(CC)C(=O)[C@H]21. The highest BCUT2D eigenvalue weighted by Gasteiger charge is 2.70. The van der Waals surface area contributed by atoms with Crippen molar-refractivity contribution in [3.63, 3.8) is 0 Å². The van der Waals surface area contributed by atoms with Gasteiger partial charge in [-0.15, -0.1) is 0 Å². The largest absolute Gasteiger partial charge is 0.497 e. The van der Waals surface area contributed by atoms with Gasteiger partial charge in [-0.25, -0.2) is 4.79 Å². The lowest BCUT2D eigenvalue weighted by molar-refractivity contribution is -0.731. The van der Waals surface area contributed by atoms with E-state index in [0.29, 0.717) is 12.3 Å². The number of benzene rings is 1. The average molecular weight is 361 g/mol. The molecule has 0 radical (unpaired) electrons. The van der Waals surface area contributed by atoms with Crippen LogP contribution in [0.3, 0.4) is 0 Å². The smallest absolute Gasteiger partial charge is 0.368 e. The number of nitrogens with zero attached hydrogens (tertiary/aromatic N) is 1. The van der Waals surface area contributed by atoms with Gasteiger partial charge in [0.05, 0.1) is 13.7 Å². The van der Waals surface area contributed by atoms with Crippen LogP contribution in [-0.2, 0) is 19.1 Å². The van der Waals surface area contributed by atoms with Crippen molar-refractivity contribution in [1.29, 1.82) is 0 Å². The molecule has 0 saturated carbocycles. The molecule has 0 bridgehead atoms. The lowest BCUT2D eigenvalue weighted by atomic mass is 9.80. The van der Waals surface area contributed by atoms with Gasteiger partial charge in [0.15, 0.2) is 0 Å². The number of methoxy groups -OCH3 is 1. The van der Waals surface area contributed by atoms with Crippen LogP contribution >= 0.6 is 0 Å². The first kappa shape index (κ1) is 18.4. The van der Waals surface area contributed by atoms with Crippen molar-refractivity contribution in [2.45, 2.75) is 32.4 Å². The van der Waals surface area contributed by atoms with E-state index in [1.54, 1.807) is 27.9 Å². The van der Waals surface area contributed by atoms with Crippen LogP contribution in [-0.4, -0.2) is 48.5 Å². The number of carbonyl (C=O) groups is 3. The van der Waals surface area contributed by atoms with Crippen molar-refractivity contribution >= 4 is 17.8 Å². The summed E-state index contributed by atoms with van der Waals surface area (Å²) in [5.74, 6) is -1.55. The Bertz CT molecular complexity index is 732. The summed E-state index contributed by atoms with van der Waals surface area (Å²) in [5.41, 5.74) is -0.241. The lowest BCUT2D eigenvalue weighted by Gasteiger charge is -2.25. The quantitative estimate of drug-likeness (QED) is 0.600. The predicted molar refractivity (Wildman–Crippen MR) is 92.1 cm³/mol. The summed E-state index contributed by atoms with van der Waals surface area (Å²) in [6, 6.07) is 7.06. The van der Waals surface area contributed by atoms with E-state index in [4.69, 9.17) is 9.47 Å². The summed E-state index contributed by atoms with van der Waals surface area (Å²) >= 11 is 0. The minimum absolute atomic E-state index is 0.215. The van der Waals surface area contributed by atoms with Gasteiger partial charge in [-0.3, -0.25) is 14.5 Å². The van der Waals surface area contributed by atoms with Crippen LogP contribution in [0.15, 0.2) is 24.3 Å². The molecule has 1 aromatic rings. The summed E-state index contributed by atoms with van der Waals surface area (Å²) in [5, 5.41) is 1.82. The second-order valence-corrected chi connectivity index (χ2v) is 6.89. The number of imide groups is 1. The van der Waals surface area contributed by atoms with E-state index in [1.807, 2.05) is 29.6 Å². The first-order valence-electron chi connectivity index (χ1n) is 8.91. The molecule has 3 rings (SSSR count). The van der Waals surface area contributed by atoms with Crippen LogP contribution in [0.2, 0.25) is 0 Å². The van der Waals surface area contributed by atoms with E-state index in [2.05, 4.69) is 0 Å². The topological polar surface area (TPSA) is 89.5 Å². The number of nitrogens with two attached hydrogens (primary N) is 1. The van der Waals surface area contributed by atoms with E-state index in [9.17, 15) is 14.4 Å². The van der Waals surface area contributed by atoms with Gasteiger partial charge in [-0.1, -0.05) is 0 Å². The standard InChI is InChI=1S/C19H24N2O5/c1-5-21-16(22)13-14(17(21)23)19(3,18(24)26-6-2)20-15(13)11-7-9-12(25-4)10-8-11/h7-10,13-15,20H,5-6H2,1-4H3/p+1/t13-,14-,15+,19+/m0/s1. The Morgan fingerprint density at radius 2 is 1.85 bits per heavy atom. The van der Waals surface area contributed by atoms with Crippen LogP contribution in [0.4, 0.5) is 0 Å². The minimum atomic E-state index is -1.12. The van der Waals surface area contributed by atoms with Gasteiger partial charge in [0.2, 0.25) is 17.4 Å². The van der Waals surface area contributed by atoms with Crippen LogP contribution < -0.4 is 10.1 Å². The Balaban J connectivity index is 2.04. The Hall–Kier alpha value is -2.41. The Kier molecular flexibility index (Phi) is 4.75. The number of hydrogen-bond acceptors (Lipinski definition) is 5. The summed E-state index contributed by atoms with van der Waals surface area (Å²) in [6.07, 6.45) is 0. The van der Waals surface area contributed by atoms with Gasteiger partial charge in [-0.2, -0.15) is 0 Å². The third-order valence-electron chi connectivity index (χ3n) is 5.53. The fraction of sp³-hybridized carbons (Fsp3) is 0.526. The fourth-order valence-corrected chi connectivity index (χ4v) is 4.25. The summed E-state index contributed by atoms with van der Waals surface area (Å²) in [7, 11) is 1.59. The van der Waals surface area contributed by atoms with E-state index >= 15 is 0 Å². The average Bonchev–Trinajstić information content (AvgIpc) is 3.09. The number of quaternary nitrogens is 1. The number of esters is 1. The van der Waals surface area contributed by atoms with Crippen molar-refractivity contribution in [1.82, 2.24) is 4.90 Å². The number of ether oxygens (including phenoxy) is 2. The zero-order valence-corrected chi connectivity index (χ0v) is 15.5. The van der Waals surface area contributed by atoms with E-state index in [1.165, 1.54) is 4.90 Å². The highest BCUT2D eigenvalue weighted by molar-refractivity contribution is 6.08. The third-order valence-corrected chi connectivity index (χ3v) is 5.53. The maximum Gasteiger partial charge on any atom is 0.368 e. The molecule has 4 atom stereocenters. The first-order chi connectivity index (χ1) is 12.4. The number of hydrogen-bond donors (Lipinski definition) is 1. The zero-order valence-electron chi connectivity index (χ0n) is 15.5. The van der Waals surface area contributed by atoms with Crippen molar-refractivity contribution in [2.24, 2.45) is 11.8 Å². The molecular formula is C19H25N2O5+. The molecular weight excluding hydrogens is 336 g/mol. The summed E-state index contributed by atoms with van der Waals surface area (Å²) in [4.78, 5) is 39.7. The van der Waals surface area contributed by atoms with Crippen LogP contribution in [0.1, 0.15) is 32.4 Å². The molecule has 0 unspecified atom stereocenters. The van der Waals surface area contributed by atoms with Crippen molar-refractivity contribution in [3.05, 3.63) is 29.8 Å². The van der Waals surface area contributed by atoms with Gasteiger partial charge in [0, 0.05) is 19.0 Å². The van der Waals surface area contributed by atoms with Crippen molar-refractivity contribution in [3.8, 4) is 5.75 Å². The lowest BCUT2D eigenvalue weighted by Crippen LogP contribution is -2.97. The second-order valence-electron chi connectivity index (χ2n) is 6.89. The van der Waals surface area contributed by atoms with Gasteiger partial charge in [0.1, 0.15) is 23.6 Å². The maximum absolute atomic E-state index is 12.9. The summed E-state index contributed by atoms with van der Waals surface area (Å²) < 4.78 is 10.4. The second kappa shape index (κ2) is 6.72. The molecule has 2 heterocycles. The molecule has 0 spiro atoms. The van der Waals surface area contributed by atoms with Crippen LogP contribution in [0.25, 0.3) is 0 Å². The highest BCUT2D eigenvalue weighted by atomic mass is 16.5. The molecule has 2 aliphatic heterocycles. The van der Waals surface area contributed by atoms with E-state index in [0.717, 1.165) is 5.56 Å². The number of fused-ring (bicyclic) bond motifs is 1. The molecule has 26 heavy (non-hydrogen) atoms. The first-order valence-corrected chi connectivity index (χ1v) is 8.91. The molecule has 140 valence electrons. The molecule has 2 aliphatic rings. The van der Waals surface area contributed by atoms with Crippen LogP contribution in [0, 0.1) is 11.8 Å². The highest BCUT2D eigenvalue weighted by Crippen LogP contribution is 2.44. The number of rotatable bonds is 5. The molecule has 7 heteroatoms. The van der Waals surface area contributed by atoms with Crippen molar-refractivity contribution in [2.75, 3.05) is 20.3 Å². The Morgan fingerprint density at radius 3 is 2.38 bits per heavy atom. The monoisotopic (exact) mass is 361 g/mol. The molecule has 0 aromatic heterocycles. The molecule has 1 aromatic carbocycles. The Morgan fingerprint density at radius 1 is 1.19 bits per heavy atom. The van der Waals surface area contributed by atoms with Gasteiger partial charge in [0.25, 0.3) is 0 Å². The van der Waals surface area contributed by atoms with E-state index in [-0.39, 0.29) is 24.5 Å². The number of amides is 2. The molecule has 2 saturated heterocycles. The maximum atomic E-state index is 12.9. The number of carbonyl (C=O) groups excluding carboxylic acids is 3. The molecule has 2 N–H and O–H groups in total.